The third-order valence-corrected chi connectivity index (χ3v) is 7.46. The highest BCUT2D eigenvalue weighted by molar-refractivity contribution is 7.89. The van der Waals surface area contributed by atoms with Crippen LogP contribution in [0, 0.1) is 10.1 Å². The number of para-hydroxylation sites is 1. The molecule has 0 aromatic heterocycles. The Morgan fingerprint density at radius 3 is 2.37 bits per heavy atom. The van der Waals surface area contributed by atoms with Crippen LogP contribution in [-0.2, 0) is 10.0 Å². The molecule has 0 spiro atoms. The monoisotopic (exact) mass is 412 g/mol. The smallest absolute Gasteiger partial charge is 0.289 e. The van der Waals surface area contributed by atoms with Crippen LogP contribution in [0.2, 0.25) is 0 Å². The molecule has 1 saturated heterocycles. The van der Waals surface area contributed by atoms with Gasteiger partial charge in [0.25, 0.3) is 5.69 Å². The number of nitrogens with one attached hydrogen (secondary N) is 1. The van der Waals surface area contributed by atoms with Crippen LogP contribution in [0.4, 0.5) is 5.69 Å². The lowest BCUT2D eigenvalue weighted by molar-refractivity contribution is -0.387. The molecule has 148 valence electrons. The summed E-state index contributed by atoms with van der Waals surface area (Å²) in [6.45, 7) is 1.44. The zero-order valence-electron chi connectivity index (χ0n) is 15.0. The zero-order valence-corrected chi connectivity index (χ0v) is 16.7. The van der Waals surface area contributed by atoms with Gasteiger partial charge in [-0.3, -0.25) is 10.1 Å². The van der Waals surface area contributed by atoms with Crippen LogP contribution in [0.15, 0.2) is 29.2 Å². The number of sulfonamides is 1. The van der Waals surface area contributed by atoms with E-state index in [1.165, 1.54) is 47.8 Å². The van der Waals surface area contributed by atoms with Gasteiger partial charge in [0, 0.05) is 38.3 Å². The third-order valence-electron chi connectivity index (χ3n) is 5.14. The summed E-state index contributed by atoms with van der Waals surface area (Å²) in [6.07, 6.45) is 5.93. The van der Waals surface area contributed by atoms with Crippen molar-refractivity contribution >= 4 is 33.0 Å². The highest BCUT2D eigenvalue weighted by Gasteiger charge is 2.34. The summed E-state index contributed by atoms with van der Waals surface area (Å²) < 4.78 is 27.0. The molecule has 2 fully saturated rings. The molecule has 1 N–H and O–H groups in total. The Labute approximate surface area is 164 Å². The van der Waals surface area contributed by atoms with Crippen LogP contribution in [0.25, 0.3) is 0 Å². The maximum Gasteiger partial charge on any atom is 0.289 e. The van der Waals surface area contributed by atoms with E-state index in [-0.39, 0.29) is 18.0 Å². The summed E-state index contributed by atoms with van der Waals surface area (Å²) in [5.74, 6) is 0. The van der Waals surface area contributed by atoms with Crippen molar-refractivity contribution in [3.8, 4) is 0 Å². The van der Waals surface area contributed by atoms with Crippen LogP contribution >= 0.6 is 12.2 Å². The van der Waals surface area contributed by atoms with E-state index in [1.54, 1.807) is 0 Å². The van der Waals surface area contributed by atoms with Crippen LogP contribution < -0.4 is 5.32 Å². The number of thiocarbonyl (C=S) groups is 1. The highest BCUT2D eigenvalue weighted by Crippen LogP contribution is 2.27. The first-order chi connectivity index (χ1) is 12.9. The van der Waals surface area contributed by atoms with E-state index in [9.17, 15) is 18.5 Å². The fourth-order valence-electron chi connectivity index (χ4n) is 3.61. The van der Waals surface area contributed by atoms with Gasteiger partial charge in [-0.15, -0.1) is 0 Å². The number of nitrogens with zero attached hydrogens (tertiary/aromatic N) is 3. The number of rotatable bonds is 4. The van der Waals surface area contributed by atoms with Gasteiger partial charge in [-0.2, -0.15) is 4.31 Å². The lowest BCUT2D eigenvalue weighted by Crippen LogP contribution is -2.54. The SMILES string of the molecule is O=[N+]([O-])c1ccccc1S(=O)(=O)N1CCN(C(=S)NC2CCCCC2)CC1. The minimum absolute atomic E-state index is 0.251. The van der Waals surface area contributed by atoms with Crippen LogP contribution in [0.5, 0.6) is 0 Å². The summed E-state index contributed by atoms with van der Waals surface area (Å²) in [7, 11) is -3.91. The normalized spacial score (nSPS) is 19.6. The Morgan fingerprint density at radius 1 is 1.11 bits per heavy atom. The first kappa shape index (κ1) is 20.0. The van der Waals surface area contributed by atoms with Crippen LogP contribution in [0.1, 0.15) is 32.1 Å². The van der Waals surface area contributed by atoms with Crippen molar-refractivity contribution in [1.82, 2.24) is 14.5 Å². The first-order valence-electron chi connectivity index (χ1n) is 9.18. The molecule has 1 aromatic carbocycles. The van der Waals surface area contributed by atoms with E-state index in [1.807, 2.05) is 4.90 Å². The van der Waals surface area contributed by atoms with E-state index >= 15 is 0 Å². The van der Waals surface area contributed by atoms with Crippen molar-refractivity contribution in [1.29, 1.82) is 0 Å². The molecule has 0 amide bonds. The summed E-state index contributed by atoms with van der Waals surface area (Å²) in [5, 5.41) is 15.2. The van der Waals surface area contributed by atoms with Gasteiger partial charge in [0.2, 0.25) is 10.0 Å². The van der Waals surface area contributed by atoms with Gasteiger partial charge in [-0.05, 0) is 31.1 Å². The van der Waals surface area contributed by atoms with E-state index in [4.69, 9.17) is 12.2 Å². The average molecular weight is 413 g/mol. The van der Waals surface area contributed by atoms with E-state index in [2.05, 4.69) is 5.32 Å². The Morgan fingerprint density at radius 2 is 1.74 bits per heavy atom. The predicted molar refractivity (Wildman–Crippen MR) is 106 cm³/mol. The minimum Gasteiger partial charge on any atom is -0.360 e. The predicted octanol–water partition coefficient (Wildman–Crippen LogP) is 2.11. The summed E-state index contributed by atoms with van der Waals surface area (Å²) >= 11 is 5.49. The molecular formula is C17H24N4O4S2. The number of benzene rings is 1. The molecule has 0 atom stereocenters. The molecule has 10 heteroatoms. The van der Waals surface area contributed by atoms with Crippen molar-refractivity contribution in [2.24, 2.45) is 0 Å². The number of nitro groups is 1. The van der Waals surface area contributed by atoms with Gasteiger partial charge in [-0.1, -0.05) is 31.4 Å². The summed E-state index contributed by atoms with van der Waals surface area (Å²) in [6, 6.07) is 5.87. The largest absolute Gasteiger partial charge is 0.360 e. The molecule has 1 heterocycles. The summed E-state index contributed by atoms with van der Waals surface area (Å²) in [5.41, 5.74) is -0.394. The Bertz CT molecular complexity index is 801. The molecule has 1 aromatic rings. The van der Waals surface area contributed by atoms with Gasteiger partial charge in [0.05, 0.1) is 4.92 Å². The van der Waals surface area contributed by atoms with E-state index in [0.717, 1.165) is 12.8 Å². The molecule has 2 aliphatic rings. The van der Waals surface area contributed by atoms with Crippen molar-refractivity contribution in [2.75, 3.05) is 26.2 Å². The average Bonchev–Trinajstić information content (AvgIpc) is 2.69. The quantitative estimate of drug-likeness (QED) is 0.460. The topological polar surface area (TPSA) is 95.8 Å². The van der Waals surface area contributed by atoms with Crippen LogP contribution in [-0.4, -0.2) is 59.9 Å². The fraction of sp³-hybridized carbons (Fsp3) is 0.588. The molecule has 0 unspecified atom stereocenters. The van der Waals surface area contributed by atoms with Crippen molar-refractivity contribution in [3.63, 3.8) is 0 Å². The van der Waals surface area contributed by atoms with Gasteiger partial charge in [0.1, 0.15) is 0 Å². The molecular weight excluding hydrogens is 388 g/mol. The fourth-order valence-corrected chi connectivity index (χ4v) is 5.54. The van der Waals surface area contributed by atoms with E-state index < -0.39 is 20.6 Å². The van der Waals surface area contributed by atoms with Gasteiger partial charge < -0.3 is 10.2 Å². The molecule has 27 heavy (non-hydrogen) atoms. The maximum absolute atomic E-state index is 12.9. The lowest BCUT2D eigenvalue weighted by atomic mass is 9.96. The van der Waals surface area contributed by atoms with Crippen molar-refractivity contribution in [2.45, 2.75) is 43.0 Å². The molecule has 1 aliphatic heterocycles. The second-order valence-electron chi connectivity index (χ2n) is 6.90. The number of hydrogen-bond donors (Lipinski definition) is 1. The van der Waals surface area contributed by atoms with Gasteiger partial charge in [-0.25, -0.2) is 8.42 Å². The minimum atomic E-state index is -3.91. The van der Waals surface area contributed by atoms with Crippen molar-refractivity contribution in [3.05, 3.63) is 34.4 Å². The van der Waals surface area contributed by atoms with Gasteiger partial charge >= 0.3 is 0 Å². The second-order valence-corrected chi connectivity index (χ2v) is 9.19. The van der Waals surface area contributed by atoms with Gasteiger partial charge in [0.15, 0.2) is 10.0 Å². The maximum atomic E-state index is 12.9. The Hall–Kier alpha value is -1.78. The first-order valence-corrected chi connectivity index (χ1v) is 11.0. The molecule has 1 saturated carbocycles. The van der Waals surface area contributed by atoms with E-state index in [0.29, 0.717) is 24.2 Å². The molecule has 0 bridgehead atoms. The number of hydrogen-bond acceptors (Lipinski definition) is 5. The standard InChI is InChI=1S/C17H24N4O4S2/c22-21(23)15-8-4-5-9-16(15)27(24,25)20-12-10-19(11-13-20)17(26)18-14-6-2-1-3-7-14/h4-5,8-9,14H,1-3,6-7,10-13H2,(H,18,26). The molecule has 3 rings (SSSR count). The Kier molecular flexibility index (Phi) is 6.28. The lowest BCUT2D eigenvalue weighted by Gasteiger charge is -2.37. The highest BCUT2D eigenvalue weighted by atomic mass is 32.2. The second kappa shape index (κ2) is 8.49. The van der Waals surface area contributed by atoms with Crippen molar-refractivity contribution < 1.29 is 13.3 Å². The Balaban J connectivity index is 1.63. The third kappa shape index (κ3) is 4.56. The molecule has 8 nitrogen and oxygen atoms in total. The zero-order chi connectivity index (χ0) is 19.4. The van der Waals surface area contributed by atoms with Crippen LogP contribution in [0.3, 0.4) is 0 Å². The number of piperazine rings is 1. The molecule has 1 aliphatic carbocycles. The molecule has 0 radical (unpaired) electrons. The summed E-state index contributed by atoms with van der Waals surface area (Å²) in [4.78, 5) is 12.2. The number of nitro benzene ring substituents is 1.